The van der Waals surface area contributed by atoms with Crippen molar-refractivity contribution in [3.05, 3.63) is 102 Å². The molecule has 1 N–H and O–H groups in total. The van der Waals surface area contributed by atoms with E-state index in [-0.39, 0.29) is 11.8 Å². The van der Waals surface area contributed by atoms with E-state index >= 15 is 0 Å². The second-order valence-corrected chi connectivity index (χ2v) is 8.85. The zero-order chi connectivity index (χ0) is 24.5. The first-order chi connectivity index (χ1) is 17.1. The summed E-state index contributed by atoms with van der Waals surface area (Å²) in [7, 11) is 1.34. The number of piperidine rings is 1. The topological polar surface area (TPSA) is 67.9 Å². The van der Waals surface area contributed by atoms with Crippen LogP contribution in [0.25, 0.3) is 0 Å². The molecule has 6 heteroatoms. The molecule has 1 aliphatic heterocycles. The Morgan fingerprint density at radius 2 is 1.57 bits per heavy atom. The van der Waals surface area contributed by atoms with Crippen LogP contribution in [0.1, 0.15) is 35.6 Å². The minimum atomic E-state index is -0.787. The van der Waals surface area contributed by atoms with E-state index in [0.717, 1.165) is 49.4 Å². The molecule has 182 valence electrons. The second kappa shape index (κ2) is 12.2. The molecule has 1 saturated heterocycles. The lowest BCUT2D eigenvalue weighted by molar-refractivity contribution is -0.146. The minimum absolute atomic E-state index is 0.0970. The maximum Gasteiger partial charge on any atom is 0.333 e. The SMILES string of the molecule is COC(=O)C(NC(=O)C1CCN(Cc2cccc(OCc3ccccc3)c2)CC1)c1ccccc1. The first-order valence-electron chi connectivity index (χ1n) is 12.0. The second-order valence-electron chi connectivity index (χ2n) is 8.85. The van der Waals surface area contributed by atoms with Crippen molar-refractivity contribution in [2.24, 2.45) is 5.92 Å². The van der Waals surface area contributed by atoms with Gasteiger partial charge in [-0.3, -0.25) is 9.69 Å². The number of likely N-dealkylation sites (tertiary alicyclic amines) is 1. The van der Waals surface area contributed by atoms with Gasteiger partial charge in [0.25, 0.3) is 0 Å². The van der Waals surface area contributed by atoms with Crippen LogP contribution in [0.4, 0.5) is 0 Å². The number of methoxy groups -OCH3 is 1. The molecule has 0 aromatic heterocycles. The quantitative estimate of drug-likeness (QED) is 0.464. The molecule has 1 amide bonds. The van der Waals surface area contributed by atoms with E-state index in [1.807, 2.05) is 60.7 Å². The molecule has 0 spiro atoms. The molecule has 4 rings (SSSR count). The molecular formula is C29H32N2O4. The van der Waals surface area contributed by atoms with Gasteiger partial charge in [0.2, 0.25) is 5.91 Å². The summed E-state index contributed by atoms with van der Waals surface area (Å²) >= 11 is 0. The highest BCUT2D eigenvalue weighted by Gasteiger charge is 2.30. The van der Waals surface area contributed by atoms with Gasteiger partial charge in [0, 0.05) is 12.5 Å². The van der Waals surface area contributed by atoms with Gasteiger partial charge in [-0.2, -0.15) is 0 Å². The third kappa shape index (κ3) is 6.93. The van der Waals surface area contributed by atoms with Crippen molar-refractivity contribution in [1.29, 1.82) is 0 Å². The van der Waals surface area contributed by atoms with Crippen molar-refractivity contribution < 1.29 is 19.1 Å². The number of esters is 1. The molecule has 0 bridgehead atoms. The number of hydrogen-bond donors (Lipinski definition) is 1. The molecule has 1 fully saturated rings. The average molecular weight is 473 g/mol. The largest absolute Gasteiger partial charge is 0.489 e. The molecule has 0 radical (unpaired) electrons. The van der Waals surface area contributed by atoms with Gasteiger partial charge in [0.05, 0.1) is 7.11 Å². The lowest BCUT2D eigenvalue weighted by atomic mass is 9.94. The van der Waals surface area contributed by atoms with Crippen LogP contribution in [0.15, 0.2) is 84.9 Å². The van der Waals surface area contributed by atoms with E-state index in [9.17, 15) is 9.59 Å². The van der Waals surface area contributed by atoms with Gasteiger partial charge in [-0.1, -0.05) is 72.8 Å². The number of carbonyl (C=O) groups is 2. The molecule has 0 aliphatic carbocycles. The van der Waals surface area contributed by atoms with Crippen molar-refractivity contribution in [2.45, 2.75) is 32.0 Å². The van der Waals surface area contributed by atoms with Crippen LogP contribution in [-0.4, -0.2) is 37.0 Å². The van der Waals surface area contributed by atoms with E-state index < -0.39 is 12.0 Å². The van der Waals surface area contributed by atoms with Crippen molar-refractivity contribution in [2.75, 3.05) is 20.2 Å². The van der Waals surface area contributed by atoms with E-state index in [4.69, 9.17) is 9.47 Å². The maximum absolute atomic E-state index is 12.9. The molecule has 6 nitrogen and oxygen atoms in total. The van der Waals surface area contributed by atoms with E-state index in [0.29, 0.717) is 6.61 Å². The summed E-state index contributed by atoms with van der Waals surface area (Å²) in [6.07, 6.45) is 1.50. The standard InChI is InChI=1S/C29H32N2O4/c1-34-29(33)27(24-12-6-3-7-13-24)30-28(32)25-15-17-31(18-16-25)20-23-11-8-14-26(19-23)35-21-22-9-4-2-5-10-22/h2-14,19,25,27H,15-18,20-21H2,1H3,(H,30,32). The Morgan fingerprint density at radius 1 is 0.914 bits per heavy atom. The van der Waals surface area contributed by atoms with Gasteiger partial charge < -0.3 is 14.8 Å². The highest BCUT2D eigenvalue weighted by molar-refractivity contribution is 5.86. The molecular weight excluding hydrogens is 440 g/mol. The van der Waals surface area contributed by atoms with Crippen LogP contribution in [0, 0.1) is 5.92 Å². The normalized spacial score (nSPS) is 15.2. The van der Waals surface area contributed by atoms with Gasteiger partial charge in [-0.05, 0) is 54.8 Å². The summed E-state index contributed by atoms with van der Waals surface area (Å²) in [4.78, 5) is 27.6. The Labute approximate surface area is 206 Å². The van der Waals surface area contributed by atoms with Gasteiger partial charge in [-0.15, -0.1) is 0 Å². The minimum Gasteiger partial charge on any atom is -0.489 e. The van der Waals surface area contributed by atoms with Crippen molar-refractivity contribution >= 4 is 11.9 Å². The lowest BCUT2D eigenvalue weighted by Crippen LogP contribution is -2.43. The first kappa shape index (κ1) is 24.5. The first-order valence-corrected chi connectivity index (χ1v) is 12.0. The van der Waals surface area contributed by atoms with Gasteiger partial charge in [0.15, 0.2) is 6.04 Å². The molecule has 1 unspecified atom stereocenters. The molecule has 3 aromatic rings. The van der Waals surface area contributed by atoms with Crippen molar-refractivity contribution in [3.63, 3.8) is 0 Å². The zero-order valence-corrected chi connectivity index (χ0v) is 20.1. The van der Waals surface area contributed by atoms with Crippen LogP contribution in [-0.2, 0) is 27.5 Å². The van der Waals surface area contributed by atoms with Crippen LogP contribution < -0.4 is 10.1 Å². The molecule has 1 atom stereocenters. The summed E-state index contributed by atoms with van der Waals surface area (Å²) in [5, 5.41) is 2.90. The van der Waals surface area contributed by atoms with Crippen LogP contribution in [0.5, 0.6) is 5.75 Å². The monoisotopic (exact) mass is 472 g/mol. The van der Waals surface area contributed by atoms with Crippen molar-refractivity contribution in [3.8, 4) is 5.75 Å². The fraction of sp³-hybridized carbons (Fsp3) is 0.310. The fourth-order valence-electron chi connectivity index (χ4n) is 4.39. The van der Waals surface area contributed by atoms with Gasteiger partial charge in [0.1, 0.15) is 12.4 Å². The van der Waals surface area contributed by atoms with Crippen LogP contribution >= 0.6 is 0 Å². The molecule has 0 saturated carbocycles. The smallest absolute Gasteiger partial charge is 0.333 e. The Balaban J connectivity index is 1.27. The Hall–Kier alpha value is -3.64. The third-order valence-corrected chi connectivity index (χ3v) is 6.37. The number of rotatable bonds is 9. The Morgan fingerprint density at radius 3 is 2.26 bits per heavy atom. The van der Waals surface area contributed by atoms with Crippen molar-refractivity contribution in [1.82, 2.24) is 10.2 Å². The Kier molecular flexibility index (Phi) is 8.52. The fourth-order valence-corrected chi connectivity index (χ4v) is 4.39. The predicted octanol–water partition coefficient (Wildman–Crippen LogP) is 4.51. The highest BCUT2D eigenvalue weighted by atomic mass is 16.5. The third-order valence-electron chi connectivity index (χ3n) is 6.37. The molecule has 3 aromatic carbocycles. The predicted molar refractivity (Wildman–Crippen MR) is 135 cm³/mol. The molecule has 1 heterocycles. The van der Waals surface area contributed by atoms with Crippen LogP contribution in [0.3, 0.4) is 0 Å². The number of ether oxygens (including phenoxy) is 2. The van der Waals surface area contributed by atoms with Gasteiger partial charge in [-0.25, -0.2) is 4.79 Å². The number of hydrogen-bond acceptors (Lipinski definition) is 5. The molecule has 35 heavy (non-hydrogen) atoms. The number of nitrogens with one attached hydrogen (secondary N) is 1. The average Bonchev–Trinajstić information content (AvgIpc) is 2.92. The summed E-state index contributed by atoms with van der Waals surface area (Å²) in [6.45, 7) is 2.99. The maximum atomic E-state index is 12.9. The number of benzene rings is 3. The lowest BCUT2D eigenvalue weighted by Gasteiger charge is -2.32. The van der Waals surface area contributed by atoms with Crippen LogP contribution in [0.2, 0.25) is 0 Å². The number of carbonyl (C=O) groups excluding carboxylic acids is 2. The van der Waals surface area contributed by atoms with E-state index in [1.165, 1.54) is 12.7 Å². The van der Waals surface area contributed by atoms with Gasteiger partial charge >= 0.3 is 5.97 Å². The number of amides is 1. The van der Waals surface area contributed by atoms with E-state index in [2.05, 4.69) is 34.5 Å². The summed E-state index contributed by atoms with van der Waals surface area (Å²) < 4.78 is 10.9. The zero-order valence-electron chi connectivity index (χ0n) is 20.1. The highest BCUT2D eigenvalue weighted by Crippen LogP contribution is 2.23. The number of nitrogens with zero attached hydrogens (tertiary/aromatic N) is 1. The summed E-state index contributed by atoms with van der Waals surface area (Å²) in [6, 6.07) is 26.7. The Bertz CT molecular complexity index is 1100. The summed E-state index contributed by atoms with van der Waals surface area (Å²) in [5.41, 5.74) is 3.05. The summed E-state index contributed by atoms with van der Waals surface area (Å²) in [5.74, 6) is 0.176. The molecule has 1 aliphatic rings. The van der Waals surface area contributed by atoms with E-state index in [1.54, 1.807) is 0 Å².